The maximum Gasteiger partial charge on any atom is 0.328 e. The fraction of sp³-hybridized carbons (Fsp3) is 0.388. The lowest BCUT2D eigenvalue weighted by Crippen LogP contribution is -2.49. The summed E-state index contributed by atoms with van der Waals surface area (Å²) in [6, 6.07) is 17.3. The van der Waals surface area contributed by atoms with Crippen molar-refractivity contribution in [2.75, 3.05) is 51.1 Å². The van der Waals surface area contributed by atoms with Crippen molar-refractivity contribution in [3.05, 3.63) is 131 Å². The molecule has 0 spiro atoms. The first kappa shape index (κ1) is 59.1. The number of nitrogens with zero attached hydrogens (tertiary/aromatic N) is 2. The summed E-state index contributed by atoms with van der Waals surface area (Å²) in [5.74, 6) is -7.60. The van der Waals surface area contributed by atoms with E-state index in [4.69, 9.17) is 30.6 Å². The van der Waals surface area contributed by atoms with Crippen molar-refractivity contribution >= 4 is 41.5 Å². The van der Waals surface area contributed by atoms with Gasteiger partial charge in [-0.1, -0.05) is 65.8 Å². The minimum atomic E-state index is -1.26. The third-order valence-corrected chi connectivity index (χ3v) is 9.82. The van der Waals surface area contributed by atoms with Gasteiger partial charge in [0.25, 0.3) is 0 Å². The maximum absolute atomic E-state index is 13.6. The number of rotatable bonds is 17. The van der Waals surface area contributed by atoms with Crippen LogP contribution in [0.1, 0.15) is 82.6 Å². The van der Waals surface area contributed by atoms with E-state index >= 15 is 0 Å². The molecule has 372 valence electrons. The van der Waals surface area contributed by atoms with E-state index in [9.17, 15) is 47.8 Å². The Hall–Kier alpha value is -6.96. The van der Waals surface area contributed by atoms with Crippen LogP contribution in [0, 0.1) is 11.6 Å². The molecule has 1 unspecified atom stereocenters. The number of nitrogens with one attached hydrogen (secondary N) is 1. The number of halogens is 2. The number of carboxylic acid groups (broad SMARTS) is 6. The normalized spacial score (nSPS) is 13.7. The number of carboxylic acids is 6. The summed E-state index contributed by atoms with van der Waals surface area (Å²) in [6.45, 7) is 18.3. The number of phenols is 1. The van der Waals surface area contributed by atoms with Gasteiger partial charge in [0, 0.05) is 98.5 Å². The number of aliphatic hydroxyl groups is 1. The SMILES string of the molecule is CC(C)(C)c1cc(NCC(O)CN2CCN(CCCC(c3ccc(F)cc3)c3ccc(F)cc3)CC2)cc(C(C)(C)C)c1O.O=C(O)/C=C/C(=O)O.O=C(O)/C=C/C(=O)O.O=C(O)/C=C/C(=O)O. The van der Waals surface area contributed by atoms with Crippen molar-refractivity contribution in [1.82, 2.24) is 9.80 Å². The van der Waals surface area contributed by atoms with Crippen LogP contribution in [0.5, 0.6) is 5.75 Å². The average Bonchev–Trinajstić information content (AvgIpc) is 3.24. The number of benzene rings is 3. The second-order valence-corrected chi connectivity index (χ2v) is 17.4. The topological polar surface area (TPSA) is 283 Å². The molecule has 0 radical (unpaired) electrons. The highest BCUT2D eigenvalue weighted by Gasteiger charge is 2.27. The summed E-state index contributed by atoms with van der Waals surface area (Å²) in [7, 11) is 0. The largest absolute Gasteiger partial charge is 0.507 e. The number of piperazine rings is 1. The summed E-state index contributed by atoms with van der Waals surface area (Å²) in [5, 5.41) is 72.2. The van der Waals surface area contributed by atoms with Gasteiger partial charge in [0.05, 0.1) is 6.10 Å². The van der Waals surface area contributed by atoms with E-state index in [0.717, 1.165) is 73.5 Å². The van der Waals surface area contributed by atoms with Gasteiger partial charge in [0.15, 0.2) is 0 Å². The predicted octanol–water partition coefficient (Wildman–Crippen LogP) is 6.40. The van der Waals surface area contributed by atoms with Gasteiger partial charge in [-0.2, -0.15) is 0 Å². The fourth-order valence-corrected chi connectivity index (χ4v) is 6.54. The van der Waals surface area contributed by atoms with Crippen LogP contribution >= 0.6 is 0 Å². The van der Waals surface area contributed by atoms with E-state index in [1.807, 2.05) is 36.4 Å². The van der Waals surface area contributed by atoms with Gasteiger partial charge in [0.1, 0.15) is 17.4 Å². The molecule has 0 bridgehead atoms. The molecule has 0 aromatic heterocycles. The Morgan fingerprint density at radius 2 is 0.912 bits per heavy atom. The molecule has 1 atom stereocenters. The zero-order chi connectivity index (χ0) is 51.8. The average molecular weight is 956 g/mol. The molecule has 1 aliphatic heterocycles. The summed E-state index contributed by atoms with van der Waals surface area (Å²) in [6.07, 6.45) is 4.71. The first-order chi connectivity index (χ1) is 31.6. The third-order valence-electron chi connectivity index (χ3n) is 9.82. The zero-order valence-electron chi connectivity index (χ0n) is 38.9. The number of phenolic OH excluding ortho intramolecular Hbond substituents is 1. The Bertz CT molecular complexity index is 2000. The van der Waals surface area contributed by atoms with Gasteiger partial charge in [0.2, 0.25) is 0 Å². The number of aliphatic hydroxyl groups excluding tert-OH is 1. The highest BCUT2D eigenvalue weighted by molar-refractivity contribution is 5.90. The second-order valence-electron chi connectivity index (χ2n) is 17.4. The zero-order valence-corrected chi connectivity index (χ0v) is 38.9. The van der Waals surface area contributed by atoms with E-state index in [1.54, 1.807) is 0 Å². The molecule has 3 aromatic rings. The van der Waals surface area contributed by atoms with Crippen LogP contribution in [0.3, 0.4) is 0 Å². The summed E-state index contributed by atoms with van der Waals surface area (Å²) < 4.78 is 27.1. The van der Waals surface area contributed by atoms with Crippen molar-refractivity contribution < 1.29 is 78.4 Å². The van der Waals surface area contributed by atoms with Crippen LogP contribution in [0.15, 0.2) is 97.1 Å². The highest BCUT2D eigenvalue weighted by atomic mass is 19.1. The Kier molecular flexibility index (Phi) is 25.1. The molecule has 0 saturated carbocycles. The second kappa shape index (κ2) is 28.9. The number of carbonyl (C=O) groups is 6. The van der Waals surface area contributed by atoms with Crippen LogP contribution in [0.25, 0.3) is 0 Å². The van der Waals surface area contributed by atoms with E-state index in [2.05, 4.69) is 56.7 Å². The molecule has 9 N–H and O–H groups in total. The van der Waals surface area contributed by atoms with Crippen LogP contribution < -0.4 is 5.32 Å². The molecule has 4 rings (SSSR count). The number of hydrogen-bond acceptors (Lipinski definition) is 11. The number of aromatic hydroxyl groups is 1. The Morgan fingerprint density at radius 1 is 0.588 bits per heavy atom. The van der Waals surface area contributed by atoms with E-state index in [1.165, 1.54) is 24.3 Å². The first-order valence-corrected chi connectivity index (χ1v) is 21.3. The van der Waals surface area contributed by atoms with Gasteiger partial charge < -0.3 is 51.1 Å². The van der Waals surface area contributed by atoms with E-state index in [0.29, 0.717) is 55.3 Å². The van der Waals surface area contributed by atoms with Gasteiger partial charge in [-0.25, -0.2) is 37.5 Å². The molecule has 17 nitrogen and oxygen atoms in total. The Labute approximate surface area is 394 Å². The summed E-state index contributed by atoms with van der Waals surface area (Å²) >= 11 is 0. The molecule has 1 fully saturated rings. The minimum Gasteiger partial charge on any atom is -0.507 e. The lowest BCUT2D eigenvalue weighted by Gasteiger charge is -2.36. The van der Waals surface area contributed by atoms with Gasteiger partial charge >= 0.3 is 35.8 Å². The number of anilines is 1. The van der Waals surface area contributed by atoms with E-state index < -0.39 is 41.9 Å². The standard InChI is InChI=1S/C37H51F2N3O2.3C4H4O4/c1-36(2,3)33-22-30(23-34(35(33)44)37(4,5)6)40-24-31(43)25-42-20-18-41(19-21-42)17-7-8-32(26-9-13-28(38)14-10-26)27-11-15-29(39)16-12-27;3*5-3(6)1-2-4(7)8/h9-16,22-23,31-32,40,43-44H,7-8,17-21,24-25H2,1-6H3;3*1-2H,(H,5,6)(H,7,8)/b;3*2-1+. The van der Waals surface area contributed by atoms with Crippen molar-refractivity contribution in [2.24, 2.45) is 0 Å². The number of aliphatic carboxylic acids is 6. The summed E-state index contributed by atoms with van der Waals surface area (Å²) in [4.78, 5) is 62.1. The molecular weight excluding hydrogens is 893 g/mol. The van der Waals surface area contributed by atoms with Crippen molar-refractivity contribution in [3.63, 3.8) is 0 Å². The van der Waals surface area contributed by atoms with Crippen molar-refractivity contribution in [3.8, 4) is 5.75 Å². The lowest BCUT2D eigenvalue weighted by atomic mass is 9.79. The van der Waals surface area contributed by atoms with Crippen LogP contribution in [-0.4, -0.2) is 138 Å². The maximum atomic E-state index is 13.6. The number of hydrogen-bond donors (Lipinski definition) is 9. The molecule has 0 aliphatic carbocycles. The molecular formula is C49H63F2N3O14. The number of β-amino-alcohol motifs (C(OH)–C–C–N with tert-alkyl or cyclic N) is 1. The van der Waals surface area contributed by atoms with Gasteiger partial charge in [-0.3, -0.25) is 4.90 Å². The molecule has 1 aliphatic rings. The van der Waals surface area contributed by atoms with Gasteiger partial charge in [-0.15, -0.1) is 0 Å². The molecule has 1 saturated heterocycles. The van der Waals surface area contributed by atoms with Gasteiger partial charge in [-0.05, 0) is 77.7 Å². The van der Waals surface area contributed by atoms with Crippen molar-refractivity contribution in [2.45, 2.75) is 77.2 Å². The smallest absolute Gasteiger partial charge is 0.328 e. The quantitative estimate of drug-likeness (QED) is 0.0522. The van der Waals surface area contributed by atoms with Crippen LogP contribution in [-0.2, 0) is 39.6 Å². The molecule has 19 heteroatoms. The molecule has 3 aromatic carbocycles. The minimum absolute atomic E-state index is 0.0904. The fourth-order valence-electron chi connectivity index (χ4n) is 6.54. The first-order valence-electron chi connectivity index (χ1n) is 21.3. The van der Waals surface area contributed by atoms with Crippen LogP contribution in [0.4, 0.5) is 14.5 Å². The predicted molar refractivity (Wildman–Crippen MR) is 250 cm³/mol. The lowest BCUT2D eigenvalue weighted by molar-refractivity contribution is -0.134. The van der Waals surface area contributed by atoms with E-state index in [-0.39, 0.29) is 28.4 Å². The Balaban J connectivity index is 0.000000785. The molecule has 0 amide bonds. The van der Waals surface area contributed by atoms with Crippen LogP contribution in [0.2, 0.25) is 0 Å². The Morgan fingerprint density at radius 3 is 1.22 bits per heavy atom. The molecule has 68 heavy (non-hydrogen) atoms. The van der Waals surface area contributed by atoms with Crippen molar-refractivity contribution in [1.29, 1.82) is 0 Å². The third kappa shape index (κ3) is 25.1. The highest BCUT2D eigenvalue weighted by Crippen LogP contribution is 2.41. The monoisotopic (exact) mass is 955 g/mol. The summed E-state index contributed by atoms with van der Waals surface area (Å²) in [5.41, 5.74) is 4.40. The molecule has 1 heterocycles.